The van der Waals surface area contributed by atoms with Crippen LogP contribution in [0.2, 0.25) is 5.02 Å². The second-order valence-electron chi connectivity index (χ2n) is 3.70. The van der Waals surface area contributed by atoms with E-state index in [-0.39, 0.29) is 18.5 Å². The zero-order valence-corrected chi connectivity index (χ0v) is 11.5. The van der Waals surface area contributed by atoms with Crippen LogP contribution in [0.25, 0.3) is 0 Å². The number of hydrogen-bond donors (Lipinski definition) is 2. The van der Waals surface area contributed by atoms with Gasteiger partial charge in [-0.1, -0.05) is 11.6 Å². The molecule has 16 heavy (non-hydrogen) atoms. The molecule has 1 rings (SSSR count). The first-order valence-electron chi connectivity index (χ1n) is 4.97. The molecule has 1 aromatic carbocycles. The number of rotatable bonds is 4. The van der Waals surface area contributed by atoms with Gasteiger partial charge in [-0.25, -0.2) is 0 Å². The Morgan fingerprint density at radius 1 is 1.50 bits per heavy atom. The normalized spacial score (nSPS) is 10.3. The zero-order valence-electron chi connectivity index (χ0n) is 9.18. The van der Waals surface area contributed by atoms with Crippen LogP contribution >= 0.6 is 27.5 Å². The molecule has 88 valence electrons. The van der Waals surface area contributed by atoms with Gasteiger partial charge in [0.15, 0.2) is 0 Å². The van der Waals surface area contributed by atoms with Gasteiger partial charge in [0.2, 0.25) is 5.91 Å². The van der Waals surface area contributed by atoms with Gasteiger partial charge in [0.25, 0.3) is 0 Å². The minimum atomic E-state index is -0.0268. The van der Waals surface area contributed by atoms with Crippen LogP contribution in [-0.2, 0) is 4.79 Å². The lowest BCUT2D eigenvalue weighted by Gasteiger charge is -2.10. The van der Waals surface area contributed by atoms with E-state index in [1.807, 2.05) is 26.0 Å². The van der Waals surface area contributed by atoms with E-state index in [9.17, 15) is 4.79 Å². The third-order valence-electron chi connectivity index (χ3n) is 1.82. The lowest BCUT2D eigenvalue weighted by molar-refractivity contribution is -0.119. The van der Waals surface area contributed by atoms with Crippen LogP contribution in [0.3, 0.4) is 0 Å². The third-order valence-corrected chi connectivity index (χ3v) is 3.04. The summed E-state index contributed by atoms with van der Waals surface area (Å²) in [6, 6.07) is 5.60. The van der Waals surface area contributed by atoms with E-state index < -0.39 is 0 Å². The van der Waals surface area contributed by atoms with E-state index in [1.165, 1.54) is 0 Å². The summed E-state index contributed by atoms with van der Waals surface area (Å²) in [6.45, 7) is 4.11. The fraction of sp³-hybridized carbons (Fsp3) is 0.364. The van der Waals surface area contributed by atoms with Gasteiger partial charge in [0, 0.05) is 16.2 Å². The van der Waals surface area contributed by atoms with Crippen LogP contribution in [0.1, 0.15) is 13.8 Å². The Balaban J connectivity index is 2.48. The van der Waals surface area contributed by atoms with E-state index >= 15 is 0 Å². The van der Waals surface area contributed by atoms with Gasteiger partial charge in [0.05, 0.1) is 11.6 Å². The Morgan fingerprint density at radius 3 is 2.75 bits per heavy atom. The van der Waals surface area contributed by atoms with Crippen LogP contribution in [0.15, 0.2) is 22.7 Å². The first kappa shape index (κ1) is 13.3. The molecular weight excluding hydrogens is 291 g/mol. The number of hydrogen-bond acceptors (Lipinski definition) is 2. The summed E-state index contributed by atoms with van der Waals surface area (Å²) >= 11 is 9.18. The average Bonchev–Trinajstić information content (AvgIpc) is 2.19. The molecule has 0 heterocycles. The Morgan fingerprint density at radius 2 is 2.19 bits per heavy atom. The standard InChI is InChI=1S/C11H14BrClN2O/c1-7(2)15-11(16)6-14-8-3-4-10(13)9(12)5-8/h3-5,7,14H,6H2,1-2H3,(H,15,16). The maximum absolute atomic E-state index is 11.4. The molecule has 0 fully saturated rings. The van der Waals surface area contributed by atoms with Crippen LogP contribution < -0.4 is 10.6 Å². The minimum Gasteiger partial charge on any atom is -0.376 e. The highest BCUT2D eigenvalue weighted by Crippen LogP contribution is 2.25. The average molecular weight is 306 g/mol. The quantitative estimate of drug-likeness (QED) is 0.898. The number of nitrogens with one attached hydrogen (secondary N) is 2. The molecular formula is C11H14BrClN2O. The van der Waals surface area contributed by atoms with E-state index in [0.29, 0.717) is 5.02 Å². The Bertz CT molecular complexity index is 382. The number of carbonyl (C=O) groups is 1. The molecule has 0 unspecified atom stereocenters. The molecule has 0 aromatic heterocycles. The summed E-state index contributed by atoms with van der Waals surface area (Å²) in [4.78, 5) is 11.4. The largest absolute Gasteiger partial charge is 0.376 e. The topological polar surface area (TPSA) is 41.1 Å². The highest BCUT2D eigenvalue weighted by Gasteiger charge is 2.03. The minimum absolute atomic E-state index is 0.0268. The van der Waals surface area contributed by atoms with E-state index in [4.69, 9.17) is 11.6 Å². The van der Waals surface area contributed by atoms with E-state index in [2.05, 4.69) is 26.6 Å². The van der Waals surface area contributed by atoms with Crippen molar-refractivity contribution < 1.29 is 4.79 Å². The fourth-order valence-corrected chi connectivity index (χ4v) is 1.66. The molecule has 0 saturated carbocycles. The summed E-state index contributed by atoms with van der Waals surface area (Å²) in [6.07, 6.45) is 0. The zero-order chi connectivity index (χ0) is 12.1. The molecule has 0 bridgehead atoms. The van der Waals surface area contributed by atoms with Gasteiger partial charge in [-0.05, 0) is 48.0 Å². The molecule has 0 aliphatic heterocycles. The SMILES string of the molecule is CC(C)NC(=O)CNc1ccc(Cl)c(Br)c1. The van der Waals surface area contributed by atoms with Crippen LogP contribution in [0.4, 0.5) is 5.69 Å². The maximum Gasteiger partial charge on any atom is 0.239 e. The van der Waals surface area contributed by atoms with Gasteiger partial charge in [-0.15, -0.1) is 0 Å². The highest BCUT2D eigenvalue weighted by atomic mass is 79.9. The second kappa shape index (κ2) is 6.11. The maximum atomic E-state index is 11.4. The van der Waals surface area contributed by atoms with Crippen molar-refractivity contribution >= 4 is 39.1 Å². The first-order valence-corrected chi connectivity index (χ1v) is 6.14. The van der Waals surface area contributed by atoms with Gasteiger partial charge in [-0.3, -0.25) is 4.79 Å². The first-order chi connectivity index (χ1) is 7.49. The van der Waals surface area contributed by atoms with Crippen molar-refractivity contribution in [1.29, 1.82) is 0 Å². The molecule has 0 atom stereocenters. The number of benzene rings is 1. The molecule has 1 aromatic rings. The molecule has 0 aliphatic rings. The van der Waals surface area contributed by atoms with Crippen molar-refractivity contribution in [3.05, 3.63) is 27.7 Å². The lowest BCUT2D eigenvalue weighted by Crippen LogP contribution is -2.34. The van der Waals surface area contributed by atoms with Crippen molar-refractivity contribution in [3.63, 3.8) is 0 Å². The predicted molar refractivity (Wildman–Crippen MR) is 70.9 cm³/mol. The van der Waals surface area contributed by atoms with Crippen LogP contribution in [-0.4, -0.2) is 18.5 Å². The van der Waals surface area contributed by atoms with Gasteiger partial charge < -0.3 is 10.6 Å². The lowest BCUT2D eigenvalue weighted by atomic mass is 10.3. The summed E-state index contributed by atoms with van der Waals surface area (Å²) in [5.74, 6) is -0.0268. The Kier molecular flexibility index (Phi) is 5.09. The Hall–Kier alpha value is -0.740. The second-order valence-corrected chi connectivity index (χ2v) is 4.97. The Labute approximate surface area is 109 Å². The molecule has 0 aliphatic carbocycles. The monoisotopic (exact) mass is 304 g/mol. The molecule has 0 radical (unpaired) electrons. The van der Waals surface area contributed by atoms with Crippen LogP contribution in [0, 0.1) is 0 Å². The van der Waals surface area contributed by atoms with Crippen molar-refractivity contribution in [2.75, 3.05) is 11.9 Å². The van der Waals surface area contributed by atoms with Crippen molar-refractivity contribution in [3.8, 4) is 0 Å². The van der Waals surface area contributed by atoms with E-state index in [1.54, 1.807) is 6.07 Å². The fourth-order valence-electron chi connectivity index (χ4n) is 1.16. The molecule has 2 N–H and O–H groups in total. The van der Waals surface area contributed by atoms with Crippen molar-refractivity contribution in [2.45, 2.75) is 19.9 Å². The summed E-state index contributed by atoms with van der Waals surface area (Å²) < 4.78 is 0.809. The number of amides is 1. The van der Waals surface area contributed by atoms with Gasteiger partial charge >= 0.3 is 0 Å². The summed E-state index contributed by atoms with van der Waals surface area (Å²) in [5, 5.41) is 6.47. The third kappa shape index (κ3) is 4.41. The molecule has 0 saturated heterocycles. The molecule has 0 spiro atoms. The number of carbonyl (C=O) groups excluding carboxylic acids is 1. The smallest absolute Gasteiger partial charge is 0.239 e. The summed E-state index contributed by atoms with van der Waals surface area (Å²) in [7, 11) is 0. The predicted octanol–water partition coefficient (Wildman–Crippen LogP) is 3.04. The molecule has 3 nitrogen and oxygen atoms in total. The van der Waals surface area contributed by atoms with Crippen molar-refractivity contribution in [1.82, 2.24) is 5.32 Å². The van der Waals surface area contributed by atoms with E-state index in [0.717, 1.165) is 10.2 Å². The highest BCUT2D eigenvalue weighted by molar-refractivity contribution is 9.10. The van der Waals surface area contributed by atoms with Gasteiger partial charge in [-0.2, -0.15) is 0 Å². The van der Waals surface area contributed by atoms with Crippen molar-refractivity contribution in [2.24, 2.45) is 0 Å². The molecule has 5 heteroatoms. The number of anilines is 1. The number of halogens is 2. The van der Waals surface area contributed by atoms with Crippen LogP contribution in [0.5, 0.6) is 0 Å². The summed E-state index contributed by atoms with van der Waals surface area (Å²) in [5.41, 5.74) is 0.857. The molecule has 1 amide bonds. The van der Waals surface area contributed by atoms with Gasteiger partial charge in [0.1, 0.15) is 0 Å².